The summed E-state index contributed by atoms with van der Waals surface area (Å²) in [6.07, 6.45) is 1.86. The summed E-state index contributed by atoms with van der Waals surface area (Å²) >= 11 is 0. The topological polar surface area (TPSA) is 60.9 Å². The smallest absolute Gasteiger partial charge is 0.271 e. The second kappa shape index (κ2) is 6.43. The number of hydrogen-bond acceptors (Lipinski definition) is 3. The maximum absolute atomic E-state index is 13.0. The van der Waals surface area contributed by atoms with E-state index >= 15 is 0 Å². The van der Waals surface area contributed by atoms with Gasteiger partial charge < -0.3 is 5.73 Å². The maximum Gasteiger partial charge on any atom is 0.271 e. The Morgan fingerprint density at radius 2 is 2.00 bits per heavy atom. The van der Waals surface area contributed by atoms with Crippen LogP contribution in [0.5, 0.6) is 0 Å². The van der Waals surface area contributed by atoms with Crippen molar-refractivity contribution in [1.82, 2.24) is 9.78 Å². The van der Waals surface area contributed by atoms with Crippen LogP contribution < -0.4 is 11.3 Å². The van der Waals surface area contributed by atoms with Crippen molar-refractivity contribution in [1.29, 1.82) is 0 Å². The van der Waals surface area contributed by atoms with Crippen molar-refractivity contribution in [2.45, 2.75) is 32.9 Å². The predicted molar refractivity (Wildman–Crippen MR) is 76.7 cm³/mol. The van der Waals surface area contributed by atoms with Gasteiger partial charge in [0.15, 0.2) is 0 Å². The summed E-state index contributed by atoms with van der Waals surface area (Å²) in [4.78, 5) is 12.1. The molecule has 2 N–H and O–H groups in total. The van der Waals surface area contributed by atoms with Crippen molar-refractivity contribution in [3.8, 4) is 11.3 Å². The van der Waals surface area contributed by atoms with Gasteiger partial charge in [-0.25, -0.2) is 9.07 Å². The fourth-order valence-corrected chi connectivity index (χ4v) is 1.96. The molecule has 0 aliphatic carbocycles. The number of halogens is 1. The van der Waals surface area contributed by atoms with Gasteiger partial charge in [-0.3, -0.25) is 4.79 Å². The van der Waals surface area contributed by atoms with E-state index in [2.05, 4.69) is 12.0 Å². The standard InChI is InChI=1S/C15H18FN3O/c1-2-3-8-19-15(20)12(10-17)9-14(18-19)11-4-6-13(16)7-5-11/h4-7,9H,2-3,8,10,17H2,1H3. The normalized spacial score (nSPS) is 10.8. The molecule has 1 aromatic carbocycles. The van der Waals surface area contributed by atoms with Crippen LogP contribution in [0, 0.1) is 5.82 Å². The SMILES string of the molecule is CCCCn1nc(-c2ccc(F)cc2)cc(CN)c1=O. The third-order valence-electron chi connectivity index (χ3n) is 3.13. The molecular formula is C15H18FN3O. The van der Waals surface area contributed by atoms with Gasteiger partial charge in [0.2, 0.25) is 0 Å². The molecule has 0 bridgehead atoms. The van der Waals surface area contributed by atoms with Gasteiger partial charge in [0.05, 0.1) is 5.69 Å². The van der Waals surface area contributed by atoms with Crippen LogP contribution in [-0.4, -0.2) is 9.78 Å². The summed E-state index contributed by atoms with van der Waals surface area (Å²) in [6, 6.07) is 7.72. The van der Waals surface area contributed by atoms with E-state index in [1.807, 2.05) is 0 Å². The third kappa shape index (κ3) is 3.11. The van der Waals surface area contributed by atoms with Crippen molar-refractivity contribution < 1.29 is 4.39 Å². The van der Waals surface area contributed by atoms with Gasteiger partial charge in [0.25, 0.3) is 5.56 Å². The summed E-state index contributed by atoms with van der Waals surface area (Å²) in [6.45, 7) is 2.79. The molecule has 2 rings (SSSR count). The number of unbranched alkanes of at least 4 members (excludes halogenated alkanes) is 1. The highest BCUT2D eigenvalue weighted by Gasteiger charge is 2.09. The Hall–Kier alpha value is -2.01. The lowest BCUT2D eigenvalue weighted by Gasteiger charge is -2.09. The lowest BCUT2D eigenvalue weighted by atomic mass is 10.1. The van der Waals surface area contributed by atoms with Crippen LogP contribution in [0.15, 0.2) is 35.1 Å². The van der Waals surface area contributed by atoms with Gasteiger partial charge in [-0.1, -0.05) is 13.3 Å². The van der Waals surface area contributed by atoms with Crippen molar-refractivity contribution in [3.05, 3.63) is 52.1 Å². The van der Waals surface area contributed by atoms with Crippen LogP contribution in [0.4, 0.5) is 4.39 Å². The predicted octanol–water partition coefficient (Wildman–Crippen LogP) is 2.31. The van der Waals surface area contributed by atoms with Crippen LogP contribution in [0.2, 0.25) is 0 Å². The molecule has 0 fully saturated rings. The number of aromatic nitrogens is 2. The van der Waals surface area contributed by atoms with E-state index in [0.717, 1.165) is 18.4 Å². The van der Waals surface area contributed by atoms with Crippen molar-refractivity contribution in [2.75, 3.05) is 0 Å². The summed E-state index contributed by atoms with van der Waals surface area (Å²) in [5, 5.41) is 4.34. The molecule has 2 aromatic rings. The molecule has 1 heterocycles. The number of rotatable bonds is 5. The van der Waals surface area contributed by atoms with Gasteiger partial charge >= 0.3 is 0 Å². The molecule has 5 heteroatoms. The number of nitrogens with two attached hydrogens (primary N) is 1. The van der Waals surface area contributed by atoms with Gasteiger partial charge in [0, 0.05) is 24.2 Å². The zero-order valence-corrected chi connectivity index (χ0v) is 11.5. The average Bonchev–Trinajstić information content (AvgIpc) is 2.47. The van der Waals surface area contributed by atoms with Crippen LogP contribution in [-0.2, 0) is 13.1 Å². The quantitative estimate of drug-likeness (QED) is 0.910. The highest BCUT2D eigenvalue weighted by molar-refractivity contribution is 5.58. The molecule has 0 saturated heterocycles. The molecule has 0 saturated carbocycles. The molecule has 1 aromatic heterocycles. The summed E-state index contributed by atoms with van der Waals surface area (Å²) in [5.41, 5.74) is 7.40. The fraction of sp³-hybridized carbons (Fsp3) is 0.333. The van der Waals surface area contributed by atoms with Crippen LogP contribution in [0.25, 0.3) is 11.3 Å². The van der Waals surface area contributed by atoms with E-state index in [9.17, 15) is 9.18 Å². The van der Waals surface area contributed by atoms with Crippen LogP contribution in [0.1, 0.15) is 25.3 Å². The fourth-order valence-electron chi connectivity index (χ4n) is 1.96. The molecular weight excluding hydrogens is 257 g/mol. The largest absolute Gasteiger partial charge is 0.326 e. The molecule has 0 unspecified atom stereocenters. The number of aryl methyl sites for hydroxylation is 1. The Kier molecular flexibility index (Phi) is 4.63. The number of benzene rings is 1. The number of hydrogen-bond donors (Lipinski definition) is 1. The summed E-state index contributed by atoms with van der Waals surface area (Å²) < 4.78 is 14.4. The van der Waals surface area contributed by atoms with E-state index in [4.69, 9.17) is 5.73 Å². The molecule has 0 atom stereocenters. The molecule has 0 amide bonds. The van der Waals surface area contributed by atoms with E-state index in [1.165, 1.54) is 16.8 Å². The lowest BCUT2D eigenvalue weighted by Crippen LogP contribution is -2.28. The first-order chi connectivity index (χ1) is 9.65. The van der Waals surface area contributed by atoms with E-state index in [-0.39, 0.29) is 17.9 Å². The van der Waals surface area contributed by atoms with Gasteiger partial charge in [0.1, 0.15) is 5.82 Å². The first-order valence-corrected chi connectivity index (χ1v) is 6.72. The van der Waals surface area contributed by atoms with Crippen LogP contribution in [0.3, 0.4) is 0 Å². The molecule has 0 radical (unpaired) electrons. The first kappa shape index (κ1) is 14.4. The molecule has 0 aliphatic rings. The minimum Gasteiger partial charge on any atom is -0.326 e. The van der Waals surface area contributed by atoms with Crippen molar-refractivity contribution in [3.63, 3.8) is 0 Å². The Morgan fingerprint density at radius 3 is 2.60 bits per heavy atom. The highest BCUT2D eigenvalue weighted by atomic mass is 19.1. The van der Waals surface area contributed by atoms with Gasteiger partial charge in [-0.05, 0) is 36.8 Å². The Labute approximate surface area is 117 Å². The van der Waals surface area contributed by atoms with Gasteiger partial charge in [-0.2, -0.15) is 5.10 Å². The minimum absolute atomic E-state index is 0.146. The zero-order valence-electron chi connectivity index (χ0n) is 11.5. The van der Waals surface area contributed by atoms with Gasteiger partial charge in [-0.15, -0.1) is 0 Å². The first-order valence-electron chi connectivity index (χ1n) is 6.72. The third-order valence-corrected chi connectivity index (χ3v) is 3.13. The second-order valence-corrected chi connectivity index (χ2v) is 4.65. The summed E-state index contributed by atoms with van der Waals surface area (Å²) in [7, 11) is 0. The summed E-state index contributed by atoms with van der Waals surface area (Å²) in [5.74, 6) is -0.299. The van der Waals surface area contributed by atoms with E-state index < -0.39 is 0 Å². The Morgan fingerprint density at radius 1 is 1.30 bits per heavy atom. The zero-order chi connectivity index (χ0) is 14.5. The van der Waals surface area contributed by atoms with Crippen molar-refractivity contribution in [2.24, 2.45) is 5.73 Å². The Bertz CT molecular complexity index is 635. The highest BCUT2D eigenvalue weighted by Crippen LogP contribution is 2.17. The minimum atomic E-state index is -0.299. The van der Waals surface area contributed by atoms with E-state index in [0.29, 0.717) is 17.8 Å². The van der Waals surface area contributed by atoms with E-state index in [1.54, 1.807) is 18.2 Å². The molecule has 20 heavy (non-hydrogen) atoms. The number of nitrogens with zero attached hydrogens (tertiary/aromatic N) is 2. The average molecular weight is 275 g/mol. The lowest BCUT2D eigenvalue weighted by molar-refractivity contribution is 0.540. The Balaban J connectivity index is 2.47. The molecule has 4 nitrogen and oxygen atoms in total. The monoisotopic (exact) mass is 275 g/mol. The second-order valence-electron chi connectivity index (χ2n) is 4.65. The van der Waals surface area contributed by atoms with Crippen molar-refractivity contribution >= 4 is 0 Å². The molecule has 0 spiro atoms. The maximum atomic E-state index is 13.0. The molecule has 0 aliphatic heterocycles. The molecule has 106 valence electrons. The van der Waals surface area contributed by atoms with Crippen LogP contribution >= 0.6 is 0 Å².